The van der Waals surface area contributed by atoms with Crippen LogP contribution in [0.25, 0.3) is 0 Å². The van der Waals surface area contributed by atoms with Gasteiger partial charge in [0.1, 0.15) is 12.6 Å². The standard InChI is InChI=1S/C11H22N/c1-9(2)12-8-6-7-11(4,5)10(12)3/h9H,6-8H2,1-5H3/q+1. The first-order chi connectivity index (χ1) is 5.45. The zero-order valence-electron chi connectivity index (χ0n) is 9.15. The van der Waals surface area contributed by atoms with E-state index in [1.807, 2.05) is 0 Å². The minimum absolute atomic E-state index is 0.433. The Morgan fingerprint density at radius 1 is 1.33 bits per heavy atom. The van der Waals surface area contributed by atoms with E-state index in [2.05, 4.69) is 39.2 Å². The van der Waals surface area contributed by atoms with Crippen molar-refractivity contribution in [1.82, 2.24) is 0 Å². The van der Waals surface area contributed by atoms with Crippen molar-refractivity contribution in [3.63, 3.8) is 0 Å². The normalized spacial score (nSPS) is 23.5. The average Bonchev–Trinajstić information content (AvgIpc) is 1.94. The Bertz CT molecular complexity index is 199. The summed E-state index contributed by atoms with van der Waals surface area (Å²) in [5, 5.41) is 0. The second kappa shape index (κ2) is 3.20. The van der Waals surface area contributed by atoms with E-state index in [-0.39, 0.29) is 0 Å². The Morgan fingerprint density at radius 2 is 1.92 bits per heavy atom. The zero-order valence-corrected chi connectivity index (χ0v) is 9.15. The van der Waals surface area contributed by atoms with Gasteiger partial charge in [0, 0.05) is 18.8 Å². The summed E-state index contributed by atoms with van der Waals surface area (Å²) in [5.41, 5.74) is 2.01. The fraction of sp³-hybridized carbons (Fsp3) is 0.909. The molecule has 0 aromatic rings. The number of hydrogen-bond acceptors (Lipinski definition) is 0. The summed E-state index contributed by atoms with van der Waals surface area (Å²) >= 11 is 0. The van der Waals surface area contributed by atoms with Gasteiger partial charge in [0.2, 0.25) is 0 Å². The molecule has 0 aromatic carbocycles. The van der Waals surface area contributed by atoms with Crippen molar-refractivity contribution in [1.29, 1.82) is 0 Å². The molecule has 0 aliphatic carbocycles. The van der Waals surface area contributed by atoms with Crippen LogP contribution in [0.3, 0.4) is 0 Å². The molecule has 0 fully saturated rings. The van der Waals surface area contributed by atoms with Gasteiger partial charge in [-0.1, -0.05) is 13.8 Å². The molecule has 0 saturated heterocycles. The van der Waals surface area contributed by atoms with Crippen LogP contribution < -0.4 is 0 Å². The molecule has 0 spiro atoms. The molecule has 70 valence electrons. The average molecular weight is 168 g/mol. The summed E-state index contributed by atoms with van der Waals surface area (Å²) in [6.07, 6.45) is 2.70. The van der Waals surface area contributed by atoms with Crippen LogP contribution in [0.15, 0.2) is 0 Å². The number of rotatable bonds is 1. The van der Waals surface area contributed by atoms with Crippen molar-refractivity contribution in [2.24, 2.45) is 5.41 Å². The van der Waals surface area contributed by atoms with Crippen molar-refractivity contribution < 1.29 is 4.58 Å². The molecule has 1 rings (SSSR count). The molecule has 0 aromatic heterocycles. The molecule has 1 heterocycles. The maximum atomic E-state index is 2.55. The summed E-state index contributed by atoms with van der Waals surface area (Å²) in [4.78, 5) is 0. The van der Waals surface area contributed by atoms with E-state index < -0.39 is 0 Å². The van der Waals surface area contributed by atoms with Gasteiger partial charge in [-0.3, -0.25) is 0 Å². The number of hydrogen-bond donors (Lipinski definition) is 0. The summed E-state index contributed by atoms with van der Waals surface area (Å²) in [7, 11) is 0. The maximum Gasteiger partial charge on any atom is 0.155 e. The topological polar surface area (TPSA) is 3.01 Å². The van der Waals surface area contributed by atoms with Crippen LogP contribution in [0.1, 0.15) is 47.5 Å². The fourth-order valence-electron chi connectivity index (χ4n) is 2.07. The molecular formula is C11H22N+. The van der Waals surface area contributed by atoms with Crippen molar-refractivity contribution in [3.05, 3.63) is 0 Å². The molecule has 0 atom stereocenters. The van der Waals surface area contributed by atoms with Crippen LogP contribution >= 0.6 is 0 Å². The minimum Gasteiger partial charge on any atom is -0.235 e. The Balaban J connectivity index is 2.96. The molecule has 1 heteroatoms. The highest BCUT2D eigenvalue weighted by Crippen LogP contribution is 2.28. The van der Waals surface area contributed by atoms with E-state index in [1.165, 1.54) is 19.4 Å². The summed E-state index contributed by atoms with van der Waals surface area (Å²) in [6, 6.07) is 0.671. The van der Waals surface area contributed by atoms with E-state index in [4.69, 9.17) is 0 Å². The Labute approximate surface area is 76.5 Å². The molecule has 1 aliphatic rings. The Hall–Kier alpha value is -0.330. The predicted molar refractivity (Wildman–Crippen MR) is 54.0 cm³/mol. The van der Waals surface area contributed by atoms with E-state index in [0.717, 1.165) is 0 Å². The molecule has 0 N–H and O–H groups in total. The van der Waals surface area contributed by atoms with Gasteiger partial charge in [-0.05, 0) is 20.3 Å². The monoisotopic (exact) mass is 168 g/mol. The highest BCUT2D eigenvalue weighted by molar-refractivity contribution is 5.83. The molecule has 0 saturated carbocycles. The fourth-order valence-corrected chi connectivity index (χ4v) is 2.07. The van der Waals surface area contributed by atoms with Crippen LogP contribution in [0.5, 0.6) is 0 Å². The first kappa shape index (κ1) is 9.76. The van der Waals surface area contributed by atoms with Crippen LogP contribution in [0, 0.1) is 5.41 Å². The molecule has 12 heavy (non-hydrogen) atoms. The third-order valence-electron chi connectivity index (χ3n) is 3.23. The molecular weight excluding hydrogens is 146 g/mol. The molecule has 1 aliphatic heterocycles. The van der Waals surface area contributed by atoms with Crippen LogP contribution in [0.4, 0.5) is 0 Å². The Kier molecular flexibility index (Phi) is 2.60. The first-order valence-corrected chi connectivity index (χ1v) is 5.06. The zero-order chi connectivity index (χ0) is 9.35. The minimum atomic E-state index is 0.433. The molecule has 0 radical (unpaired) electrons. The van der Waals surface area contributed by atoms with E-state index in [9.17, 15) is 0 Å². The lowest BCUT2D eigenvalue weighted by Crippen LogP contribution is -2.40. The van der Waals surface area contributed by atoms with Crippen molar-refractivity contribution in [2.75, 3.05) is 6.54 Å². The summed E-state index contributed by atoms with van der Waals surface area (Å²) in [6.45, 7) is 12.8. The molecule has 1 nitrogen and oxygen atoms in total. The third-order valence-corrected chi connectivity index (χ3v) is 3.23. The third kappa shape index (κ3) is 1.70. The SMILES string of the molecule is CC1=[N+](C(C)C)CCCC1(C)C. The second-order valence-corrected chi connectivity index (χ2v) is 4.86. The summed E-state index contributed by atoms with van der Waals surface area (Å²) < 4.78 is 2.55. The first-order valence-electron chi connectivity index (χ1n) is 5.06. The molecule has 0 unspecified atom stereocenters. The smallest absolute Gasteiger partial charge is 0.155 e. The van der Waals surface area contributed by atoms with Gasteiger partial charge < -0.3 is 0 Å². The van der Waals surface area contributed by atoms with Gasteiger partial charge in [0.25, 0.3) is 0 Å². The highest BCUT2D eigenvalue weighted by Gasteiger charge is 2.33. The maximum absolute atomic E-state index is 2.55. The van der Waals surface area contributed by atoms with E-state index >= 15 is 0 Å². The highest BCUT2D eigenvalue weighted by atomic mass is 15.0. The van der Waals surface area contributed by atoms with E-state index in [0.29, 0.717) is 11.5 Å². The lowest BCUT2D eigenvalue weighted by molar-refractivity contribution is -0.567. The molecule has 0 bridgehead atoms. The van der Waals surface area contributed by atoms with Gasteiger partial charge in [-0.15, -0.1) is 0 Å². The van der Waals surface area contributed by atoms with Gasteiger partial charge in [-0.25, -0.2) is 4.58 Å². The van der Waals surface area contributed by atoms with Gasteiger partial charge in [0.05, 0.1) is 0 Å². The van der Waals surface area contributed by atoms with Crippen LogP contribution in [0.2, 0.25) is 0 Å². The van der Waals surface area contributed by atoms with Gasteiger partial charge >= 0.3 is 0 Å². The van der Waals surface area contributed by atoms with E-state index in [1.54, 1.807) is 5.71 Å². The van der Waals surface area contributed by atoms with Crippen LogP contribution in [-0.2, 0) is 0 Å². The Morgan fingerprint density at radius 3 is 2.33 bits per heavy atom. The predicted octanol–water partition coefficient (Wildman–Crippen LogP) is 2.69. The van der Waals surface area contributed by atoms with Crippen molar-refractivity contribution in [3.8, 4) is 0 Å². The van der Waals surface area contributed by atoms with Crippen LogP contribution in [-0.4, -0.2) is 22.9 Å². The van der Waals surface area contributed by atoms with Crippen molar-refractivity contribution >= 4 is 5.71 Å². The quantitative estimate of drug-likeness (QED) is 0.530. The lowest BCUT2D eigenvalue weighted by Gasteiger charge is -2.29. The second-order valence-electron chi connectivity index (χ2n) is 4.86. The van der Waals surface area contributed by atoms with Crippen molar-refractivity contribution in [2.45, 2.75) is 53.5 Å². The number of nitrogens with zero attached hydrogens (tertiary/aromatic N) is 1. The largest absolute Gasteiger partial charge is 0.235 e. The lowest BCUT2D eigenvalue weighted by atomic mass is 9.80. The summed E-state index contributed by atoms with van der Waals surface area (Å²) in [5.74, 6) is 0. The van der Waals surface area contributed by atoms with Gasteiger partial charge in [0.15, 0.2) is 5.71 Å². The van der Waals surface area contributed by atoms with Gasteiger partial charge in [-0.2, -0.15) is 0 Å². The molecule has 0 amide bonds.